The van der Waals surface area contributed by atoms with E-state index in [1.165, 1.54) is 6.26 Å². The van der Waals surface area contributed by atoms with Gasteiger partial charge in [0.2, 0.25) is 11.7 Å². The molecule has 2 unspecified atom stereocenters. The largest absolute Gasteiger partial charge is 0.445 e. The number of anilines is 3. The van der Waals surface area contributed by atoms with E-state index in [1.807, 2.05) is 0 Å². The Morgan fingerprint density at radius 3 is 2.56 bits per heavy atom. The molecular weight excluding hydrogens is 410 g/mol. The highest BCUT2D eigenvalue weighted by molar-refractivity contribution is 6.14. The highest BCUT2D eigenvalue weighted by Crippen LogP contribution is 2.40. The predicted octanol–water partition coefficient (Wildman–Crippen LogP) is 2.91. The normalized spacial score (nSPS) is 23.4. The molecule has 0 aromatic carbocycles. The van der Waals surface area contributed by atoms with Gasteiger partial charge >= 0.3 is 0 Å². The minimum absolute atomic E-state index is 0.00137. The van der Waals surface area contributed by atoms with Crippen molar-refractivity contribution in [3.05, 3.63) is 30.0 Å². The molecule has 2 atom stereocenters. The monoisotopic (exact) mass is 435 g/mol. The van der Waals surface area contributed by atoms with Crippen LogP contribution in [0.15, 0.2) is 23.1 Å². The number of amides is 1. The van der Waals surface area contributed by atoms with Gasteiger partial charge in [-0.2, -0.15) is 4.98 Å². The van der Waals surface area contributed by atoms with Crippen molar-refractivity contribution in [2.45, 2.75) is 57.3 Å². The molecule has 3 aromatic heterocycles. The third kappa shape index (κ3) is 3.54. The number of morpholine rings is 1. The summed E-state index contributed by atoms with van der Waals surface area (Å²) in [5, 5.41) is 6.90. The number of carbonyl (C=O) groups is 1. The lowest BCUT2D eigenvalue weighted by molar-refractivity contribution is 0.0299. The molecule has 32 heavy (non-hydrogen) atoms. The van der Waals surface area contributed by atoms with Crippen LogP contribution in [0.2, 0.25) is 0 Å². The van der Waals surface area contributed by atoms with Crippen LogP contribution < -0.4 is 15.5 Å². The molecule has 5 heterocycles. The summed E-state index contributed by atoms with van der Waals surface area (Å²) >= 11 is 0. The minimum atomic E-state index is -0.319. The summed E-state index contributed by atoms with van der Waals surface area (Å²) in [6.45, 7) is 5.55. The third-order valence-electron chi connectivity index (χ3n) is 6.43. The Morgan fingerprint density at radius 1 is 1.16 bits per heavy atom. The predicted molar refractivity (Wildman–Crippen MR) is 118 cm³/mol. The van der Waals surface area contributed by atoms with Gasteiger partial charge in [0, 0.05) is 18.6 Å². The van der Waals surface area contributed by atoms with E-state index in [0.717, 1.165) is 38.8 Å². The number of furan rings is 1. The smallest absolute Gasteiger partial charge is 0.259 e. The van der Waals surface area contributed by atoms with E-state index in [2.05, 4.69) is 42.4 Å². The van der Waals surface area contributed by atoms with Crippen molar-refractivity contribution in [2.75, 3.05) is 28.6 Å². The number of aromatic nitrogens is 4. The Bertz CT molecular complexity index is 1180. The Labute approximate surface area is 184 Å². The fraction of sp³-hybridized carbons (Fsp3) is 0.500. The standard InChI is InChI=1S/C22H25N7O3/c1-12-25-18(28-22(2)5-6-22)17-16(11-31-20(17)26-12)19(30)27-13-7-23-21(24-8-13)29-9-14-3-4-15(10-29)32-14/h7-8,11,14-15H,3-6,9-10H2,1-2H3,(H,27,30)(H,25,26,28). The van der Waals surface area contributed by atoms with Crippen molar-refractivity contribution in [2.24, 2.45) is 0 Å². The van der Waals surface area contributed by atoms with Gasteiger partial charge in [-0.1, -0.05) is 0 Å². The summed E-state index contributed by atoms with van der Waals surface area (Å²) in [6, 6.07) is 0. The van der Waals surface area contributed by atoms with Gasteiger partial charge < -0.3 is 24.7 Å². The summed E-state index contributed by atoms with van der Waals surface area (Å²) in [6.07, 6.45) is 9.51. The zero-order valence-electron chi connectivity index (χ0n) is 18.1. The number of ether oxygens (including phenoxy) is 1. The second kappa shape index (κ2) is 7.13. The summed E-state index contributed by atoms with van der Waals surface area (Å²) in [5.41, 5.74) is 1.28. The number of hydrogen-bond donors (Lipinski definition) is 2. The number of fused-ring (bicyclic) bond motifs is 3. The van der Waals surface area contributed by atoms with Gasteiger partial charge in [0.15, 0.2) is 0 Å². The van der Waals surface area contributed by atoms with Crippen LogP contribution in [0.4, 0.5) is 17.5 Å². The Balaban J connectivity index is 1.22. The second-order valence-electron chi connectivity index (χ2n) is 9.22. The van der Waals surface area contributed by atoms with Crippen LogP contribution in [0.1, 0.15) is 48.8 Å². The van der Waals surface area contributed by atoms with Crippen molar-refractivity contribution in [1.29, 1.82) is 0 Å². The SMILES string of the molecule is Cc1nc(NC2(C)CC2)c2c(C(=O)Nc3cnc(N4CC5CCC(C4)O5)nc3)coc2n1. The number of rotatable bonds is 5. The van der Waals surface area contributed by atoms with E-state index in [0.29, 0.717) is 39.9 Å². The van der Waals surface area contributed by atoms with Crippen LogP contribution in [0.5, 0.6) is 0 Å². The Hall–Kier alpha value is -3.27. The molecular formula is C22H25N7O3. The number of nitrogens with zero attached hydrogens (tertiary/aromatic N) is 5. The van der Waals surface area contributed by atoms with E-state index < -0.39 is 0 Å². The fourth-order valence-electron chi connectivity index (χ4n) is 4.43. The van der Waals surface area contributed by atoms with Gasteiger partial charge in [0.05, 0.1) is 41.2 Å². The first-order valence-corrected chi connectivity index (χ1v) is 11.0. The maximum atomic E-state index is 13.1. The van der Waals surface area contributed by atoms with Gasteiger partial charge in [-0.25, -0.2) is 15.0 Å². The number of nitrogens with one attached hydrogen (secondary N) is 2. The zero-order chi connectivity index (χ0) is 21.9. The van der Waals surface area contributed by atoms with Crippen LogP contribution in [0, 0.1) is 6.92 Å². The molecule has 1 aliphatic carbocycles. The molecule has 2 bridgehead atoms. The maximum Gasteiger partial charge on any atom is 0.259 e. The fourth-order valence-corrected chi connectivity index (χ4v) is 4.43. The van der Waals surface area contributed by atoms with Gasteiger partial charge in [0.1, 0.15) is 17.9 Å². The van der Waals surface area contributed by atoms with Crippen molar-refractivity contribution in [3.8, 4) is 0 Å². The number of hydrogen-bond acceptors (Lipinski definition) is 9. The maximum absolute atomic E-state index is 13.1. The molecule has 3 aliphatic rings. The zero-order valence-corrected chi connectivity index (χ0v) is 18.1. The third-order valence-corrected chi connectivity index (χ3v) is 6.43. The quantitative estimate of drug-likeness (QED) is 0.623. The molecule has 2 N–H and O–H groups in total. The van der Waals surface area contributed by atoms with Gasteiger partial charge in [-0.15, -0.1) is 0 Å². The molecule has 1 amide bonds. The average molecular weight is 435 g/mol. The Kier molecular flexibility index (Phi) is 4.32. The molecule has 2 aliphatic heterocycles. The topological polar surface area (TPSA) is 118 Å². The summed E-state index contributed by atoms with van der Waals surface area (Å²) in [7, 11) is 0. The highest BCUT2D eigenvalue weighted by atomic mass is 16.5. The first kappa shape index (κ1) is 19.4. The molecule has 6 rings (SSSR count). The Morgan fingerprint density at radius 2 is 1.88 bits per heavy atom. The molecule has 166 valence electrons. The lowest BCUT2D eigenvalue weighted by atomic mass is 10.2. The highest BCUT2D eigenvalue weighted by Gasteiger charge is 2.38. The van der Waals surface area contributed by atoms with Gasteiger partial charge in [-0.3, -0.25) is 4.79 Å². The van der Waals surface area contributed by atoms with Crippen LogP contribution in [0.25, 0.3) is 11.1 Å². The molecule has 10 heteroatoms. The van der Waals surface area contributed by atoms with E-state index in [9.17, 15) is 4.79 Å². The molecule has 1 saturated carbocycles. The van der Waals surface area contributed by atoms with E-state index >= 15 is 0 Å². The van der Waals surface area contributed by atoms with E-state index in [4.69, 9.17) is 9.15 Å². The van der Waals surface area contributed by atoms with Crippen molar-refractivity contribution >= 4 is 34.5 Å². The molecule has 3 aromatic rings. The van der Waals surface area contributed by atoms with Gasteiger partial charge in [-0.05, 0) is 39.5 Å². The summed E-state index contributed by atoms with van der Waals surface area (Å²) < 4.78 is 11.5. The molecule has 0 spiro atoms. The number of aryl methyl sites for hydroxylation is 1. The van der Waals surface area contributed by atoms with Crippen LogP contribution in [-0.4, -0.2) is 56.7 Å². The van der Waals surface area contributed by atoms with Crippen LogP contribution in [0.3, 0.4) is 0 Å². The van der Waals surface area contributed by atoms with E-state index in [1.54, 1.807) is 19.3 Å². The number of carbonyl (C=O) groups excluding carboxylic acids is 1. The summed E-state index contributed by atoms with van der Waals surface area (Å²) in [5.74, 6) is 1.55. The van der Waals surface area contributed by atoms with Crippen molar-refractivity contribution < 1.29 is 13.9 Å². The molecule has 2 saturated heterocycles. The lowest BCUT2D eigenvalue weighted by Gasteiger charge is -2.32. The first-order valence-electron chi connectivity index (χ1n) is 11.0. The summed E-state index contributed by atoms with van der Waals surface area (Å²) in [4.78, 5) is 33.0. The first-order chi connectivity index (χ1) is 15.5. The van der Waals surface area contributed by atoms with E-state index in [-0.39, 0.29) is 23.7 Å². The second-order valence-corrected chi connectivity index (χ2v) is 9.22. The van der Waals surface area contributed by atoms with Gasteiger partial charge in [0.25, 0.3) is 5.91 Å². The minimum Gasteiger partial charge on any atom is -0.445 e. The average Bonchev–Trinajstić information content (AvgIpc) is 3.18. The molecule has 10 nitrogen and oxygen atoms in total. The molecule has 0 radical (unpaired) electrons. The molecule has 3 fully saturated rings. The van der Waals surface area contributed by atoms with Crippen molar-refractivity contribution in [1.82, 2.24) is 19.9 Å². The van der Waals surface area contributed by atoms with Crippen LogP contribution in [-0.2, 0) is 4.74 Å². The van der Waals surface area contributed by atoms with Crippen LogP contribution >= 0.6 is 0 Å². The van der Waals surface area contributed by atoms with Crippen molar-refractivity contribution in [3.63, 3.8) is 0 Å². The lowest BCUT2D eigenvalue weighted by Crippen LogP contribution is -2.43.